The summed E-state index contributed by atoms with van der Waals surface area (Å²) in [5, 5.41) is 2.91. The monoisotopic (exact) mass is 275 g/mol. The molecule has 1 unspecified atom stereocenters. The molecule has 2 rings (SSSR count). The molecule has 1 fully saturated rings. The molecular formula is C16H25N3O. The van der Waals surface area contributed by atoms with E-state index in [4.69, 9.17) is 5.73 Å². The minimum absolute atomic E-state index is 0.0760. The van der Waals surface area contributed by atoms with E-state index in [-0.39, 0.29) is 5.91 Å². The highest BCUT2D eigenvalue weighted by Gasteiger charge is 2.14. The molecule has 1 atom stereocenters. The van der Waals surface area contributed by atoms with E-state index in [0.717, 1.165) is 31.2 Å². The molecule has 4 nitrogen and oxygen atoms in total. The summed E-state index contributed by atoms with van der Waals surface area (Å²) in [6.45, 7) is 5.42. The Morgan fingerprint density at radius 1 is 1.30 bits per heavy atom. The number of hydrogen-bond donors (Lipinski definition) is 2. The van der Waals surface area contributed by atoms with Gasteiger partial charge in [0.25, 0.3) is 0 Å². The molecule has 3 N–H and O–H groups in total. The van der Waals surface area contributed by atoms with Crippen LogP contribution in [0.4, 0.5) is 11.4 Å². The van der Waals surface area contributed by atoms with Crippen LogP contribution in [0.2, 0.25) is 0 Å². The first kappa shape index (κ1) is 14.9. The molecule has 1 aliphatic rings. The Bertz CT molecular complexity index is 430. The van der Waals surface area contributed by atoms with Crippen LogP contribution in [0.25, 0.3) is 0 Å². The van der Waals surface area contributed by atoms with Crippen molar-refractivity contribution in [1.29, 1.82) is 0 Å². The fourth-order valence-electron chi connectivity index (χ4n) is 2.60. The van der Waals surface area contributed by atoms with E-state index in [2.05, 4.69) is 17.1 Å². The van der Waals surface area contributed by atoms with Crippen molar-refractivity contribution in [2.45, 2.75) is 32.6 Å². The highest BCUT2D eigenvalue weighted by Crippen LogP contribution is 2.16. The topological polar surface area (TPSA) is 58.4 Å². The van der Waals surface area contributed by atoms with Gasteiger partial charge in [-0.15, -0.1) is 0 Å². The lowest BCUT2D eigenvalue weighted by molar-refractivity contribution is -0.116. The molecule has 0 bridgehead atoms. The third kappa shape index (κ3) is 4.85. The third-order valence-corrected chi connectivity index (χ3v) is 3.96. The van der Waals surface area contributed by atoms with E-state index in [1.54, 1.807) is 12.1 Å². The number of nitrogens with zero attached hydrogens (tertiary/aromatic N) is 1. The Morgan fingerprint density at radius 3 is 2.80 bits per heavy atom. The number of amides is 1. The minimum atomic E-state index is 0.0760. The van der Waals surface area contributed by atoms with E-state index >= 15 is 0 Å². The lowest BCUT2D eigenvalue weighted by Gasteiger charge is -2.19. The van der Waals surface area contributed by atoms with Gasteiger partial charge in [0.05, 0.1) is 0 Å². The number of carbonyl (C=O) groups excluding carboxylic acids is 1. The quantitative estimate of drug-likeness (QED) is 0.831. The Kier molecular flexibility index (Phi) is 5.41. The van der Waals surface area contributed by atoms with E-state index in [9.17, 15) is 4.79 Å². The number of nitrogen functional groups attached to an aromatic ring is 1. The molecule has 0 saturated carbocycles. The first-order valence-electron chi connectivity index (χ1n) is 7.51. The van der Waals surface area contributed by atoms with Crippen molar-refractivity contribution in [2.24, 2.45) is 5.92 Å². The fraction of sp³-hybridized carbons (Fsp3) is 0.562. The molecule has 0 aromatic heterocycles. The zero-order chi connectivity index (χ0) is 14.4. The maximum Gasteiger partial charge on any atom is 0.225 e. The summed E-state index contributed by atoms with van der Waals surface area (Å²) in [7, 11) is 0. The maximum atomic E-state index is 11.9. The number of anilines is 2. The third-order valence-electron chi connectivity index (χ3n) is 3.96. The molecule has 0 aliphatic carbocycles. The van der Waals surface area contributed by atoms with Crippen LogP contribution in [0.15, 0.2) is 24.3 Å². The standard InChI is InChI=1S/C16H25N3O/c1-13-3-2-10-19(11-8-13)12-9-16(20)18-15-6-4-14(17)5-7-15/h4-7,13H,2-3,8-12,17H2,1H3,(H,18,20). The van der Waals surface area contributed by atoms with Crippen molar-refractivity contribution >= 4 is 17.3 Å². The van der Waals surface area contributed by atoms with Crippen LogP contribution in [0, 0.1) is 5.92 Å². The number of nitrogens with two attached hydrogens (primary N) is 1. The first-order chi connectivity index (χ1) is 9.63. The Morgan fingerprint density at radius 2 is 2.05 bits per heavy atom. The zero-order valence-corrected chi connectivity index (χ0v) is 12.3. The predicted molar refractivity (Wildman–Crippen MR) is 83.6 cm³/mol. The highest BCUT2D eigenvalue weighted by molar-refractivity contribution is 5.90. The van der Waals surface area contributed by atoms with Gasteiger partial charge in [-0.05, 0) is 62.5 Å². The molecule has 1 heterocycles. The first-order valence-corrected chi connectivity index (χ1v) is 7.51. The Balaban J connectivity index is 1.73. The van der Waals surface area contributed by atoms with Crippen molar-refractivity contribution in [2.75, 3.05) is 30.7 Å². The number of hydrogen-bond acceptors (Lipinski definition) is 3. The largest absolute Gasteiger partial charge is 0.399 e. The van der Waals surface area contributed by atoms with Crippen LogP contribution in [0.1, 0.15) is 32.6 Å². The summed E-state index contributed by atoms with van der Waals surface area (Å²) >= 11 is 0. The maximum absolute atomic E-state index is 11.9. The summed E-state index contributed by atoms with van der Waals surface area (Å²) in [5.74, 6) is 0.899. The van der Waals surface area contributed by atoms with Crippen LogP contribution in [0.5, 0.6) is 0 Å². The van der Waals surface area contributed by atoms with Crippen LogP contribution in [-0.4, -0.2) is 30.4 Å². The van der Waals surface area contributed by atoms with Crippen LogP contribution >= 0.6 is 0 Å². The van der Waals surface area contributed by atoms with Crippen LogP contribution < -0.4 is 11.1 Å². The zero-order valence-electron chi connectivity index (χ0n) is 12.3. The predicted octanol–water partition coefficient (Wildman–Crippen LogP) is 2.72. The van der Waals surface area contributed by atoms with Crippen molar-refractivity contribution in [3.05, 3.63) is 24.3 Å². The molecule has 110 valence electrons. The van der Waals surface area contributed by atoms with Gasteiger partial charge in [-0.1, -0.05) is 6.92 Å². The minimum Gasteiger partial charge on any atom is -0.399 e. The van der Waals surface area contributed by atoms with Gasteiger partial charge in [0.15, 0.2) is 0 Å². The van der Waals surface area contributed by atoms with Crippen molar-refractivity contribution in [3.8, 4) is 0 Å². The molecule has 1 aromatic carbocycles. The summed E-state index contributed by atoms with van der Waals surface area (Å²) in [5.41, 5.74) is 7.14. The average molecular weight is 275 g/mol. The summed E-state index contributed by atoms with van der Waals surface area (Å²) in [4.78, 5) is 14.3. The van der Waals surface area contributed by atoms with Crippen molar-refractivity contribution in [3.63, 3.8) is 0 Å². The number of benzene rings is 1. The van der Waals surface area contributed by atoms with Gasteiger partial charge in [-0.25, -0.2) is 0 Å². The van der Waals surface area contributed by atoms with E-state index in [1.807, 2.05) is 12.1 Å². The van der Waals surface area contributed by atoms with Gasteiger partial charge >= 0.3 is 0 Å². The molecular weight excluding hydrogens is 250 g/mol. The summed E-state index contributed by atoms with van der Waals surface area (Å²) in [6.07, 6.45) is 4.37. The number of carbonyl (C=O) groups is 1. The lowest BCUT2D eigenvalue weighted by atomic mass is 10.0. The number of likely N-dealkylation sites (tertiary alicyclic amines) is 1. The fourth-order valence-corrected chi connectivity index (χ4v) is 2.60. The normalized spacial score (nSPS) is 20.4. The second-order valence-electron chi connectivity index (χ2n) is 5.80. The smallest absolute Gasteiger partial charge is 0.225 e. The van der Waals surface area contributed by atoms with Gasteiger partial charge in [0.2, 0.25) is 5.91 Å². The van der Waals surface area contributed by atoms with Crippen LogP contribution in [0.3, 0.4) is 0 Å². The number of nitrogens with one attached hydrogen (secondary N) is 1. The van der Waals surface area contributed by atoms with Crippen LogP contribution in [-0.2, 0) is 4.79 Å². The van der Waals surface area contributed by atoms with E-state index in [0.29, 0.717) is 12.1 Å². The van der Waals surface area contributed by atoms with Gasteiger partial charge in [-0.3, -0.25) is 4.79 Å². The van der Waals surface area contributed by atoms with E-state index in [1.165, 1.54) is 19.3 Å². The lowest BCUT2D eigenvalue weighted by Crippen LogP contribution is -2.29. The number of rotatable bonds is 4. The van der Waals surface area contributed by atoms with Crippen molar-refractivity contribution in [1.82, 2.24) is 4.90 Å². The summed E-state index contributed by atoms with van der Waals surface area (Å²) in [6, 6.07) is 7.26. The van der Waals surface area contributed by atoms with Gasteiger partial charge < -0.3 is 16.0 Å². The highest BCUT2D eigenvalue weighted by atomic mass is 16.1. The molecule has 1 saturated heterocycles. The molecule has 0 spiro atoms. The molecule has 20 heavy (non-hydrogen) atoms. The summed E-state index contributed by atoms with van der Waals surface area (Å²) < 4.78 is 0. The van der Waals surface area contributed by atoms with Gasteiger partial charge in [-0.2, -0.15) is 0 Å². The van der Waals surface area contributed by atoms with Crippen molar-refractivity contribution < 1.29 is 4.79 Å². The van der Waals surface area contributed by atoms with Gasteiger partial charge in [0, 0.05) is 24.3 Å². The molecule has 0 radical (unpaired) electrons. The molecule has 1 aromatic rings. The Labute approximate surface area is 121 Å². The molecule has 4 heteroatoms. The molecule has 1 aliphatic heterocycles. The second-order valence-corrected chi connectivity index (χ2v) is 5.80. The SMILES string of the molecule is CC1CCCN(CCC(=O)Nc2ccc(N)cc2)CC1. The average Bonchev–Trinajstić information content (AvgIpc) is 2.64. The van der Waals surface area contributed by atoms with Gasteiger partial charge in [0.1, 0.15) is 0 Å². The second kappa shape index (κ2) is 7.29. The Hall–Kier alpha value is -1.55. The van der Waals surface area contributed by atoms with E-state index < -0.39 is 0 Å². The molecule has 1 amide bonds.